The van der Waals surface area contributed by atoms with Crippen LogP contribution in [0.4, 0.5) is 10.1 Å². The van der Waals surface area contributed by atoms with Gasteiger partial charge in [0.15, 0.2) is 0 Å². The second-order valence-electron chi connectivity index (χ2n) is 3.92. The minimum Gasteiger partial charge on any atom is -0.399 e. The van der Waals surface area contributed by atoms with Crippen LogP contribution in [0.25, 0.3) is 0 Å². The maximum atomic E-state index is 12.9. The Morgan fingerprint density at radius 3 is 2.63 bits per heavy atom. The SMILES string of the molecule is Nc1ccc(S(=O)Cc2ccc(F)cc2Cl)c(Br)c1. The first-order chi connectivity index (χ1) is 8.97. The molecule has 0 aliphatic carbocycles. The first-order valence-corrected chi connectivity index (χ1v) is 7.83. The number of nitrogens with two attached hydrogens (primary N) is 1. The van der Waals surface area contributed by atoms with Crippen molar-refractivity contribution in [2.45, 2.75) is 10.6 Å². The molecule has 0 saturated heterocycles. The lowest BCUT2D eigenvalue weighted by Gasteiger charge is -2.07. The molecule has 0 aliphatic heterocycles. The summed E-state index contributed by atoms with van der Waals surface area (Å²) >= 11 is 9.25. The third kappa shape index (κ3) is 3.55. The van der Waals surface area contributed by atoms with Crippen LogP contribution in [0, 0.1) is 5.82 Å². The second kappa shape index (κ2) is 6.03. The van der Waals surface area contributed by atoms with Crippen molar-refractivity contribution in [1.29, 1.82) is 0 Å². The zero-order valence-electron chi connectivity index (χ0n) is 9.70. The molecule has 0 fully saturated rings. The van der Waals surface area contributed by atoms with Crippen molar-refractivity contribution in [2.24, 2.45) is 0 Å². The zero-order valence-corrected chi connectivity index (χ0v) is 12.9. The average molecular weight is 363 g/mol. The standard InChI is InChI=1S/C13H10BrClFNOS/c14-11-6-10(17)3-4-13(11)19(18)7-8-1-2-9(16)5-12(8)15/h1-6H,7,17H2. The Morgan fingerprint density at radius 2 is 2.00 bits per heavy atom. The van der Waals surface area contributed by atoms with Crippen molar-refractivity contribution in [2.75, 3.05) is 5.73 Å². The second-order valence-corrected chi connectivity index (χ2v) is 6.60. The molecule has 1 unspecified atom stereocenters. The fourth-order valence-corrected chi connectivity index (χ4v) is 4.00. The Balaban J connectivity index is 2.25. The summed E-state index contributed by atoms with van der Waals surface area (Å²) in [6.07, 6.45) is 0. The van der Waals surface area contributed by atoms with Gasteiger partial charge >= 0.3 is 0 Å². The van der Waals surface area contributed by atoms with E-state index in [1.807, 2.05) is 0 Å². The van der Waals surface area contributed by atoms with Gasteiger partial charge in [0, 0.05) is 15.2 Å². The first kappa shape index (κ1) is 14.5. The molecule has 1 atom stereocenters. The summed E-state index contributed by atoms with van der Waals surface area (Å²) in [6.45, 7) is 0. The van der Waals surface area contributed by atoms with Gasteiger partial charge in [-0.25, -0.2) is 4.39 Å². The van der Waals surface area contributed by atoms with Crippen LogP contribution in [0.2, 0.25) is 5.02 Å². The number of benzene rings is 2. The molecule has 0 saturated carbocycles. The largest absolute Gasteiger partial charge is 0.399 e. The van der Waals surface area contributed by atoms with E-state index in [2.05, 4.69) is 15.9 Å². The van der Waals surface area contributed by atoms with Gasteiger partial charge in [0.2, 0.25) is 0 Å². The molecule has 2 rings (SSSR count). The Kier molecular flexibility index (Phi) is 4.60. The Bertz CT molecular complexity index is 651. The summed E-state index contributed by atoms with van der Waals surface area (Å²) in [5.74, 6) is -0.185. The van der Waals surface area contributed by atoms with E-state index >= 15 is 0 Å². The fourth-order valence-electron chi connectivity index (χ4n) is 1.56. The molecule has 2 aromatic rings. The van der Waals surface area contributed by atoms with Gasteiger partial charge in [-0.05, 0) is 51.8 Å². The molecule has 0 aliphatic rings. The lowest BCUT2D eigenvalue weighted by Crippen LogP contribution is -1.99. The van der Waals surface area contributed by atoms with E-state index < -0.39 is 16.6 Å². The van der Waals surface area contributed by atoms with E-state index in [9.17, 15) is 8.60 Å². The normalized spacial score (nSPS) is 12.4. The van der Waals surface area contributed by atoms with Crippen LogP contribution >= 0.6 is 27.5 Å². The summed E-state index contributed by atoms with van der Waals surface area (Å²) in [4.78, 5) is 0.634. The quantitative estimate of drug-likeness (QED) is 0.834. The highest BCUT2D eigenvalue weighted by Gasteiger charge is 2.12. The highest BCUT2D eigenvalue weighted by Crippen LogP contribution is 2.26. The van der Waals surface area contributed by atoms with Crippen LogP contribution in [0.1, 0.15) is 5.56 Å². The number of halogens is 3. The summed E-state index contributed by atoms with van der Waals surface area (Å²) in [6, 6.07) is 9.14. The molecule has 0 heterocycles. The molecule has 2 nitrogen and oxygen atoms in total. The topological polar surface area (TPSA) is 43.1 Å². The molecule has 0 bridgehead atoms. The van der Waals surface area contributed by atoms with Crippen LogP contribution in [0.15, 0.2) is 45.8 Å². The van der Waals surface area contributed by atoms with Gasteiger partial charge in [-0.2, -0.15) is 0 Å². The molecule has 0 amide bonds. The Labute approximate surface area is 126 Å². The minimum atomic E-state index is -1.28. The van der Waals surface area contributed by atoms with E-state index in [0.717, 1.165) is 0 Å². The molecule has 2 N–H and O–H groups in total. The predicted molar refractivity (Wildman–Crippen MR) is 80.1 cm³/mol. The van der Waals surface area contributed by atoms with Crippen molar-refractivity contribution in [3.8, 4) is 0 Å². The Hall–Kier alpha value is -0.910. The molecular formula is C13H10BrClFNOS. The van der Waals surface area contributed by atoms with Gasteiger partial charge in [0.05, 0.1) is 21.4 Å². The van der Waals surface area contributed by atoms with E-state index in [-0.39, 0.29) is 10.8 Å². The van der Waals surface area contributed by atoms with Gasteiger partial charge in [-0.15, -0.1) is 0 Å². The smallest absolute Gasteiger partial charge is 0.124 e. The summed E-state index contributed by atoms with van der Waals surface area (Å²) < 4.78 is 25.9. The molecular weight excluding hydrogens is 353 g/mol. The molecule has 0 spiro atoms. The molecule has 6 heteroatoms. The lowest BCUT2D eigenvalue weighted by atomic mass is 10.2. The number of hydrogen-bond acceptors (Lipinski definition) is 2. The first-order valence-electron chi connectivity index (χ1n) is 5.34. The number of anilines is 1. The van der Waals surface area contributed by atoms with Crippen LogP contribution in [0.5, 0.6) is 0 Å². The third-order valence-corrected chi connectivity index (χ3v) is 5.19. The minimum absolute atomic E-state index is 0.224. The number of nitrogen functional groups attached to an aromatic ring is 1. The van der Waals surface area contributed by atoms with E-state index in [1.54, 1.807) is 24.3 Å². The van der Waals surface area contributed by atoms with Crippen molar-refractivity contribution >= 4 is 44.0 Å². The Morgan fingerprint density at radius 1 is 1.26 bits per heavy atom. The average Bonchev–Trinajstić information content (AvgIpc) is 2.32. The van der Waals surface area contributed by atoms with Gasteiger partial charge in [-0.3, -0.25) is 4.21 Å². The molecule has 19 heavy (non-hydrogen) atoms. The molecule has 0 aromatic heterocycles. The summed E-state index contributed by atoms with van der Waals surface area (Å²) in [7, 11) is -1.28. The van der Waals surface area contributed by atoms with Gasteiger partial charge in [-0.1, -0.05) is 17.7 Å². The van der Waals surface area contributed by atoms with E-state index in [1.165, 1.54) is 12.1 Å². The van der Waals surface area contributed by atoms with Gasteiger partial charge in [0.25, 0.3) is 0 Å². The van der Waals surface area contributed by atoms with Crippen molar-refractivity contribution in [3.63, 3.8) is 0 Å². The number of rotatable bonds is 3. The van der Waals surface area contributed by atoms with Crippen molar-refractivity contribution in [1.82, 2.24) is 0 Å². The van der Waals surface area contributed by atoms with Crippen LogP contribution in [-0.2, 0) is 16.6 Å². The highest BCUT2D eigenvalue weighted by molar-refractivity contribution is 9.10. The lowest BCUT2D eigenvalue weighted by molar-refractivity contribution is 0.627. The van der Waals surface area contributed by atoms with Crippen LogP contribution < -0.4 is 5.73 Å². The third-order valence-electron chi connectivity index (χ3n) is 2.50. The maximum Gasteiger partial charge on any atom is 0.124 e. The van der Waals surface area contributed by atoms with Crippen LogP contribution in [0.3, 0.4) is 0 Å². The predicted octanol–water partition coefficient (Wildman–Crippen LogP) is 4.13. The number of hydrogen-bond donors (Lipinski definition) is 1. The van der Waals surface area contributed by atoms with Crippen molar-refractivity contribution < 1.29 is 8.60 Å². The fraction of sp³-hybridized carbons (Fsp3) is 0.0769. The maximum absolute atomic E-state index is 12.9. The van der Waals surface area contributed by atoms with Gasteiger partial charge < -0.3 is 5.73 Å². The monoisotopic (exact) mass is 361 g/mol. The zero-order chi connectivity index (χ0) is 14.0. The molecule has 0 radical (unpaired) electrons. The molecule has 2 aromatic carbocycles. The van der Waals surface area contributed by atoms with Crippen molar-refractivity contribution in [3.05, 3.63) is 57.3 Å². The summed E-state index contributed by atoms with van der Waals surface area (Å²) in [5, 5.41) is 0.278. The summed E-state index contributed by atoms with van der Waals surface area (Å²) in [5.41, 5.74) is 6.86. The van der Waals surface area contributed by atoms with E-state index in [4.69, 9.17) is 17.3 Å². The molecule has 100 valence electrons. The van der Waals surface area contributed by atoms with Gasteiger partial charge in [0.1, 0.15) is 5.82 Å². The van der Waals surface area contributed by atoms with Crippen LogP contribution in [-0.4, -0.2) is 4.21 Å². The highest BCUT2D eigenvalue weighted by atomic mass is 79.9. The van der Waals surface area contributed by atoms with E-state index in [0.29, 0.717) is 20.6 Å².